The molecule has 37 heavy (non-hydrogen) atoms. The van der Waals surface area contributed by atoms with Gasteiger partial charge in [-0.05, 0) is 61.7 Å². The van der Waals surface area contributed by atoms with Gasteiger partial charge in [-0.25, -0.2) is 4.98 Å². The molecule has 192 valence electrons. The molecule has 0 bridgehead atoms. The van der Waals surface area contributed by atoms with E-state index >= 15 is 0 Å². The van der Waals surface area contributed by atoms with Gasteiger partial charge < -0.3 is 9.47 Å². The second-order valence-electron chi connectivity index (χ2n) is 8.70. The molecule has 3 aromatic carbocycles. The number of rotatable bonds is 10. The standard InChI is InChI=1S/C29H29BrClN3O3/c1-4-6-10-27-33-25-12-11-22(30)16-23(25)29(35)34(27)32-17-21-14-24(31)28(26(15-21)36-5-2)37-18-20-9-7-8-19(3)13-20/h7-9,11-17H,4-6,10,18H2,1-3H3. The lowest BCUT2D eigenvalue weighted by Crippen LogP contribution is -2.22. The number of aromatic nitrogens is 2. The lowest BCUT2D eigenvalue weighted by Gasteiger charge is -2.15. The van der Waals surface area contributed by atoms with Crippen LogP contribution in [-0.2, 0) is 13.0 Å². The predicted molar refractivity (Wildman–Crippen MR) is 153 cm³/mol. The van der Waals surface area contributed by atoms with E-state index in [-0.39, 0.29) is 5.56 Å². The fourth-order valence-corrected chi connectivity index (χ4v) is 4.59. The summed E-state index contributed by atoms with van der Waals surface area (Å²) in [7, 11) is 0. The minimum Gasteiger partial charge on any atom is -0.490 e. The highest BCUT2D eigenvalue weighted by atomic mass is 79.9. The Morgan fingerprint density at radius 2 is 1.95 bits per heavy atom. The molecular formula is C29H29BrClN3O3. The van der Waals surface area contributed by atoms with Gasteiger partial charge in [-0.1, -0.05) is 70.7 Å². The van der Waals surface area contributed by atoms with Crippen LogP contribution < -0.4 is 15.0 Å². The van der Waals surface area contributed by atoms with Crippen molar-refractivity contribution in [3.05, 3.63) is 97.0 Å². The molecule has 0 radical (unpaired) electrons. The Hall–Kier alpha value is -3.16. The van der Waals surface area contributed by atoms with Crippen LogP contribution in [0.25, 0.3) is 10.9 Å². The van der Waals surface area contributed by atoms with Crippen LogP contribution in [0.15, 0.2) is 69.0 Å². The Morgan fingerprint density at radius 1 is 1.11 bits per heavy atom. The summed E-state index contributed by atoms with van der Waals surface area (Å²) in [4.78, 5) is 18.1. The predicted octanol–water partition coefficient (Wildman–Crippen LogP) is 7.32. The largest absolute Gasteiger partial charge is 0.490 e. The van der Waals surface area contributed by atoms with E-state index in [9.17, 15) is 4.79 Å². The summed E-state index contributed by atoms with van der Waals surface area (Å²) in [6, 6.07) is 17.2. The molecule has 0 aliphatic heterocycles. The van der Waals surface area contributed by atoms with E-state index in [1.54, 1.807) is 18.3 Å². The molecule has 4 aromatic rings. The lowest BCUT2D eigenvalue weighted by atomic mass is 10.1. The molecule has 0 spiro atoms. The van der Waals surface area contributed by atoms with Crippen molar-refractivity contribution in [2.24, 2.45) is 5.10 Å². The zero-order valence-electron chi connectivity index (χ0n) is 21.1. The highest BCUT2D eigenvalue weighted by Crippen LogP contribution is 2.37. The van der Waals surface area contributed by atoms with Crippen LogP contribution >= 0.6 is 27.5 Å². The van der Waals surface area contributed by atoms with Crippen molar-refractivity contribution < 1.29 is 9.47 Å². The fourth-order valence-electron chi connectivity index (χ4n) is 3.96. The first-order valence-electron chi connectivity index (χ1n) is 12.3. The fraction of sp³-hybridized carbons (Fsp3) is 0.276. The van der Waals surface area contributed by atoms with E-state index in [2.05, 4.69) is 34.0 Å². The number of fused-ring (bicyclic) bond motifs is 1. The summed E-state index contributed by atoms with van der Waals surface area (Å²) in [5.41, 5.74) is 3.32. The summed E-state index contributed by atoms with van der Waals surface area (Å²) in [6.07, 6.45) is 4.12. The highest BCUT2D eigenvalue weighted by molar-refractivity contribution is 9.10. The summed E-state index contributed by atoms with van der Waals surface area (Å²) >= 11 is 10.1. The number of benzene rings is 3. The maximum atomic E-state index is 13.3. The molecule has 4 rings (SSSR count). The zero-order chi connectivity index (χ0) is 26.4. The number of ether oxygens (including phenoxy) is 2. The molecule has 0 fully saturated rings. The van der Waals surface area contributed by atoms with Gasteiger partial charge in [0.25, 0.3) is 5.56 Å². The first kappa shape index (κ1) is 26.9. The smallest absolute Gasteiger partial charge is 0.282 e. The molecule has 8 heteroatoms. The average Bonchev–Trinajstić information content (AvgIpc) is 2.87. The van der Waals surface area contributed by atoms with Gasteiger partial charge in [0.15, 0.2) is 11.5 Å². The van der Waals surface area contributed by atoms with Crippen molar-refractivity contribution in [1.82, 2.24) is 9.66 Å². The Balaban J connectivity index is 1.69. The van der Waals surface area contributed by atoms with E-state index in [0.29, 0.717) is 58.4 Å². The second kappa shape index (κ2) is 12.4. The molecule has 0 unspecified atom stereocenters. The van der Waals surface area contributed by atoms with Crippen molar-refractivity contribution in [1.29, 1.82) is 0 Å². The SMILES string of the molecule is CCCCc1nc2ccc(Br)cc2c(=O)n1N=Cc1cc(Cl)c(OCc2cccc(C)c2)c(OCC)c1. The first-order chi connectivity index (χ1) is 17.9. The van der Waals surface area contributed by atoms with Crippen molar-refractivity contribution in [2.75, 3.05) is 6.61 Å². The summed E-state index contributed by atoms with van der Waals surface area (Å²) in [5, 5.41) is 5.43. The van der Waals surface area contributed by atoms with Crippen LogP contribution in [0.2, 0.25) is 5.02 Å². The van der Waals surface area contributed by atoms with Gasteiger partial charge in [0.05, 0.1) is 28.7 Å². The summed E-state index contributed by atoms with van der Waals surface area (Å²) < 4.78 is 14.1. The molecule has 0 saturated heterocycles. The molecule has 1 aromatic heterocycles. The minimum absolute atomic E-state index is 0.220. The van der Waals surface area contributed by atoms with Crippen LogP contribution in [0.4, 0.5) is 0 Å². The average molecular weight is 583 g/mol. The molecule has 6 nitrogen and oxygen atoms in total. The monoisotopic (exact) mass is 581 g/mol. The van der Waals surface area contributed by atoms with Gasteiger partial charge in [0, 0.05) is 10.9 Å². The van der Waals surface area contributed by atoms with Crippen molar-refractivity contribution >= 4 is 44.6 Å². The van der Waals surface area contributed by atoms with Crippen LogP contribution in [-0.4, -0.2) is 22.5 Å². The molecule has 0 aliphatic carbocycles. The van der Waals surface area contributed by atoms with Gasteiger partial charge in [-0.15, -0.1) is 0 Å². The zero-order valence-corrected chi connectivity index (χ0v) is 23.5. The van der Waals surface area contributed by atoms with Gasteiger partial charge in [0.2, 0.25) is 0 Å². The van der Waals surface area contributed by atoms with E-state index in [4.69, 9.17) is 26.1 Å². The number of halogens is 2. The number of aryl methyl sites for hydroxylation is 2. The van der Waals surface area contributed by atoms with Crippen molar-refractivity contribution in [3.63, 3.8) is 0 Å². The van der Waals surface area contributed by atoms with E-state index in [1.165, 1.54) is 4.68 Å². The van der Waals surface area contributed by atoms with Crippen molar-refractivity contribution in [2.45, 2.75) is 46.6 Å². The van der Waals surface area contributed by atoms with Gasteiger partial charge in [-0.2, -0.15) is 9.78 Å². The third-order valence-corrected chi connectivity index (χ3v) is 6.52. The molecular weight excluding hydrogens is 554 g/mol. The van der Waals surface area contributed by atoms with Crippen molar-refractivity contribution in [3.8, 4) is 11.5 Å². The second-order valence-corrected chi connectivity index (χ2v) is 10.0. The first-order valence-corrected chi connectivity index (χ1v) is 13.5. The van der Waals surface area contributed by atoms with Crippen LogP contribution in [0.3, 0.4) is 0 Å². The maximum absolute atomic E-state index is 13.3. The third-order valence-electron chi connectivity index (χ3n) is 5.75. The number of hydrogen-bond acceptors (Lipinski definition) is 5. The number of nitrogens with zero attached hydrogens (tertiary/aromatic N) is 3. The molecule has 0 amide bonds. The van der Waals surface area contributed by atoms with E-state index in [0.717, 1.165) is 28.4 Å². The Morgan fingerprint density at radius 3 is 2.70 bits per heavy atom. The normalized spacial score (nSPS) is 11.4. The lowest BCUT2D eigenvalue weighted by molar-refractivity contribution is 0.269. The molecule has 0 saturated carbocycles. The Labute approximate surface area is 230 Å². The summed E-state index contributed by atoms with van der Waals surface area (Å²) in [5.74, 6) is 1.61. The highest BCUT2D eigenvalue weighted by Gasteiger charge is 2.14. The number of hydrogen-bond donors (Lipinski definition) is 0. The van der Waals surface area contributed by atoms with Crippen LogP contribution in [0.5, 0.6) is 11.5 Å². The third kappa shape index (κ3) is 6.59. The Bertz CT molecular complexity index is 1500. The number of unbranched alkanes of at least 4 members (excludes halogenated alkanes) is 1. The molecule has 1 heterocycles. The summed E-state index contributed by atoms with van der Waals surface area (Å²) in [6.45, 7) is 6.85. The molecule has 0 atom stereocenters. The van der Waals surface area contributed by atoms with Crippen LogP contribution in [0, 0.1) is 6.92 Å². The van der Waals surface area contributed by atoms with Gasteiger partial charge in [-0.3, -0.25) is 4.79 Å². The van der Waals surface area contributed by atoms with E-state index < -0.39 is 0 Å². The molecule has 0 aliphatic rings. The van der Waals surface area contributed by atoms with Gasteiger partial charge >= 0.3 is 0 Å². The topological polar surface area (TPSA) is 65.7 Å². The quantitative estimate of drug-likeness (QED) is 0.184. The van der Waals surface area contributed by atoms with Gasteiger partial charge in [0.1, 0.15) is 12.4 Å². The minimum atomic E-state index is -0.220. The maximum Gasteiger partial charge on any atom is 0.282 e. The van der Waals surface area contributed by atoms with E-state index in [1.807, 2.05) is 50.2 Å². The Kier molecular flexibility index (Phi) is 9.00. The van der Waals surface area contributed by atoms with Crippen LogP contribution in [0.1, 0.15) is 49.2 Å². The molecule has 0 N–H and O–H groups in total.